The molecule has 5 nitrogen and oxygen atoms in total. The number of carboxylic acid groups (broad SMARTS) is 1. The van der Waals surface area contributed by atoms with Gasteiger partial charge in [-0.3, -0.25) is 4.79 Å². The molecule has 2 heterocycles. The molecule has 0 aliphatic rings. The van der Waals surface area contributed by atoms with E-state index in [2.05, 4.69) is 5.16 Å². The monoisotopic (exact) mass is 207 g/mol. The van der Waals surface area contributed by atoms with Gasteiger partial charge in [-0.25, -0.2) is 0 Å². The Hall–Kier alpha value is -2.04. The third kappa shape index (κ3) is 1.76. The fourth-order valence-electron chi connectivity index (χ4n) is 1.34. The molecule has 0 radical (unpaired) electrons. The highest BCUT2D eigenvalue weighted by Gasteiger charge is 2.17. The summed E-state index contributed by atoms with van der Waals surface area (Å²) in [6.07, 6.45) is 2.79. The molecule has 0 saturated heterocycles. The quantitative estimate of drug-likeness (QED) is 0.831. The van der Waals surface area contributed by atoms with Gasteiger partial charge in [0.25, 0.3) is 0 Å². The van der Waals surface area contributed by atoms with Gasteiger partial charge in [0, 0.05) is 5.56 Å². The lowest BCUT2D eigenvalue weighted by Crippen LogP contribution is -1.99. The zero-order valence-corrected chi connectivity index (χ0v) is 8.06. The first-order chi connectivity index (χ1) is 7.18. The fourth-order valence-corrected chi connectivity index (χ4v) is 1.34. The van der Waals surface area contributed by atoms with Crippen LogP contribution in [0.15, 0.2) is 27.5 Å². The summed E-state index contributed by atoms with van der Waals surface area (Å²) in [6.45, 7) is 1.85. The first-order valence-electron chi connectivity index (χ1n) is 4.38. The summed E-state index contributed by atoms with van der Waals surface area (Å²) in [5, 5.41) is 12.3. The summed E-state index contributed by atoms with van der Waals surface area (Å²) in [4.78, 5) is 10.6. The maximum Gasteiger partial charge on any atom is 0.308 e. The van der Waals surface area contributed by atoms with E-state index >= 15 is 0 Å². The minimum atomic E-state index is -0.927. The van der Waals surface area contributed by atoms with Crippen molar-refractivity contribution >= 4 is 5.97 Å². The van der Waals surface area contributed by atoms with Crippen LogP contribution in [0, 0.1) is 6.92 Å². The molecular weight excluding hydrogens is 198 g/mol. The summed E-state index contributed by atoms with van der Waals surface area (Å²) in [6, 6.07) is 1.78. The number of aromatic nitrogens is 1. The Morgan fingerprint density at radius 2 is 2.33 bits per heavy atom. The Labute approximate surface area is 85.3 Å². The second kappa shape index (κ2) is 3.61. The molecule has 0 amide bonds. The number of aliphatic carboxylic acids is 1. The lowest BCUT2D eigenvalue weighted by atomic mass is 10.1. The van der Waals surface area contributed by atoms with Crippen LogP contribution in [0.25, 0.3) is 11.5 Å². The molecule has 0 aliphatic carbocycles. The third-order valence-corrected chi connectivity index (χ3v) is 2.05. The van der Waals surface area contributed by atoms with E-state index in [0.717, 1.165) is 5.56 Å². The van der Waals surface area contributed by atoms with Gasteiger partial charge in [-0.1, -0.05) is 5.16 Å². The van der Waals surface area contributed by atoms with Gasteiger partial charge in [-0.05, 0) is 18.6 Å². The molecule has 2 aromatic heterocycles. The molecular formula is C10H9NO4. The highest BCUT2D eigenvalue weighted by molar-refractivity contribution is 5.73. The standard InChI is InChI=1S/C10H9NO4/c1-6-2-3-14-9(6)10-7(4-8(12)13)5-11-15-10/h2-3,5H,4H2,1H3,(H,12,13). The number of rotatable bonds is 3. The van der Waals surface area contributed by atoms with Crippen molar-refractivity contribution < 1.29 is 18.8 Å². The van der Waals surface area contributed by atoms with E-state index in [1.165, 1.54) is 12.5 Å². The molecule has 0 aliphatic heterocycles. The van der Waals surface area contributed by atoms with Gasteiger partial charge < -0.3 is 14.0 Å². The predicted octanol–water partition coefficient (Wildman–Crippen LogP) is 1.87. The maximum atomic E-state index is 10.6. The highest BCUT2D eigenvalue weighted by atomic mass is 16.5. The molecule has 5 heteroatoms. The molecule has 0 aromatic carbocycles. The highest BCUT2D eigenvalue weighted by Crippen LogP contribution is 2.27. The van der Waals surface area contributed by atoms with Crippen molar-refractivity contribution in [2.45, 2.75) is 13.3 Å². The van der Waals surface area contributed by atoms with Gasteiger partial charge >= 0.3 is 5.97 Å². The number of nitrogens with zero attached hydrogens (tertiary/aromatic N) is 1. The predicted molar refractivity (Wildman–Crippen MR) is 50.3 cm³/mol. The van der Waals surface area contributed by atoms with Crippen LogP contribution in [0.4, 0.5) is 0 Å². The summed E-state index contributed by atoms with van der Waals surface area (Å²) < 4.78 is 10.2. The van der Waals surface area contributed by atoms with E-state index in [1.807, 2.05) is 6.92 Å². The summed E-state index contributed by atoms with van der Waals surface area (Å²) in [5.74, 6) is -0.00712. The van der Waals surface area contributed by atoms with Crippen molar-refractivity contribution in [2.75, 3.05) is 0 Å². The number of carboxylic acids is 1. The van der Waals surface area contributed by atoms with Crippen molar-refractivity contribution in [3.8, 4) is 11.5 Å². The van der Waals surface area contributed by atoms with Gasteiger partial charge in [-0.2, -0.15) is 0 Å². The van der Waals surface area contributed by atoms with Crippen LogP contribution < -0.4 is 0 Å². The topological polar surface area (TPSA) is 76.5 Å². The van der Waals surface area contributed by atoms with E-state index < -0.39 is 5.97 Å². The zero-order valence-electron chi connectivity index (χ0n) is 8.06. The van der Waals surface area contributed by atoms with Gasteiger partial charge in [0.2, 0.25) is 5.76 Å². The maximum absolute atomic E-state index is 10.6. The Balaban J connectivity index is 2.41. The minimum Gasteiger partial charge on any atom is -0.481 e. The van der Waals surface area contributed by atoms with Gasteiger partial charge in [0.1, 0.15) is 0 Å². The number of hydrogen-bond donors (Lipinski definition) is 1. The number of furan rings is 1. The van der Waals surface area contributed by atoms with Crippen molar-refractivity contribution in [1.82, 2.24) is 5.16 Å². The van der Waals surface area contributed by atoms with Crippen LogP contribution >= 0.6 is 0 Å². The average Bonchev–Trinajstić information content (AvgIpc) is 2.73. The molecule has 2 aromatic rings. The second-order valence-corrected chi connectivity index (χ2v) is 3.18. The molecule has 0 bridgehead atoms. The molecule has 2 rings (SSSR count). The largest absolute Gasteiger partial charge is 0.481 e. The van der Waals surface area contributed by atoms with E-state index in [4.69, 9.17) is 14.0 Å². The molecule has 0 fully saturated rings. The molecule has 15 heavy (non-hydrogen) atoms. The Kier molecular flexibility index (Phi) is 2.29. The third-order valence-electron chi connectivity index (χ3n) is 2.05. The number of carbonyl (C=O) groups is 1. The zero-order chi connectivity index (χ0) is 10.8. The number of hydrogen-bond acceptors (Lipinski definition) is 4. The Morgan fingerprint density at radius 3 is 2.93 bits per heavy atom. The van der Waals surface area contributed by atoms with Gasteiger partial charge in [-0.15, -0.1) is 0 Å². The van der Waals surface area contributed by atoms with Crippen LogP contribution in [0.2, 0.25) is 0 Å². The fraction of sp³-hybridized carbons (Fsp3) is 0.200. The molecule has 78 valence electrons. The van der Waals surface area contributed by atoms with Crippen molar-refractivity contribution in [2.24, 2.45) is 0 Å². The lowest BCUT2D eigenvalue weighted by Gasteiger charge is -1.95. The molecule has 1 N–H and O–H groups in total. The average molecular weight is 207 g/mol. The summed E-state index contributed by atoms with van der Waals surface area (Å²) >= 11 is 0. The van der Waals surface area contributed by atoms with Crippen LogP contribution in [0.1, 0.15) is 11.1 Å². The normalized spacial score (nSPS) is 10.5. The van der Waals surface area contributed by atoms with Crippen molar-refractivity contribution in [1.29, 1.82) is 0 Å². The second-order valence-electron chi connectivity index (χ2n) is 3.18. The summed E-state index contributed by atoms with van der Waals surface area (Å²) in [5.41, 5.74) is 1.40. The van der Waals surface area contributed by atoms with E-state index in [-0.39, 0.29) is 6.42 Å². The van der Waals surface area contributed by atoms with Crippen molar-refractivity contribution in [3.05, 3.63) is 29.7 Å². The molecule has 0 saturated carbocycles. The van der Waals surface area contributed by atoms with Gasteiger partial charge in [0.05, 0.1) is 18.9 Å². The first kappa shape index (κ1) is 9.51. The number of aryl methyl sites for hydroxylation is 1. The Morgan fingerprint density at radius 1 is 1.53 bits per heavy atom. The molecule has 0 spiro atoms. The minimum absolute atomic E-state index is 0.126. The molecule has 0 unspecified atom stereocenters. The van der Waals surface area contributed by atoms with Crippen molar-refractivity contribution in [3.63, 3.8) is 0 Å². The van der Waals surface area contributed by atoms with Crippen LogP contribution in [-0.4, -0.2) is 16.2 Å². The summed E-state index contributed by atoms with van der Waals surface area (Å²) in [7, 11) is 0. The van der Waals surface area contributed by atoms with Crippen LogP contribution in [0.5, 0.6) is 0 Å². The SMILES string of the molecule is Cc1ccoc1-c1oncc1CC(=O)O. The lowest BCUT2D eigenvalue weighted by molar-refractivity contribution is -0.136. The first-order valence-corrected chi connectivity index (χ1v) is 4.38. The molecule has 0 atom stereocenters. The Bertz CT molecular complexity index is 483. The van der Waals surface area contributed by atoms with E-state index in [9.17, 15) is 4.79 Å². The van der Waals surface area contributed by atoms with Crippen LogP contribution in [0.3, 0.4) is 0 Å². The van der Waals surface area contributed by atoms with E-state index in [0.29, 0.717) is 17.1 Å². The van der Waals surface area contributed by atoms with Crippen LogP contribution in [-0.2, 0) is 11.2 Å². The van der Waals surface area contributed by atoms with E-state index in [1.54, 1.807) is 6.07 Å². The van der Waals surface area contributed by atoms with Gasteiger partial charge in [0.15, 0.2) is 5.76 Å². The smallest absolute Gasteiger partial charge is 0.308 e.